The zero-order valence-electron chi connectivity index (χ0n) is 15.9. The molecule has 154 valence electrons. The third-order valence-electron chi connectivity index (χ3n) is 4.49. The highest BCUT2D eigenvalue weighted by Gasteiger charge is 2.17. The second-order valence-electron chi connectivity index (χ2n) is 6.58. The van der Waals surface area contributed by atoms with E-state index in [0.29, 0.717) is 11.5 Å². The minimum atomic E-state index is -3.78. The molecule has 0 spiro atoms. The normalized spacial score (nSPS) is 12.5. The first-order valence-corrected chi connectivity index (χ1v) is 10.6. The SMILES string of the molecule is O=C(NCc1ccc2c(c1)OCO2)c1cccc(S(=O)(=O)NCc2cccnc2)c1. The lowest BCUT2D eigenvalue weighted by Crippen LogP contribution is -2.25. The fourth-order valence-corrected chi connectivity index (χ4v) is 3.97. The molecule has 1 aromatic heterocycles. The largest absolute Gasteiger partial charge is 0.454 e. The molecular formula is C21H19N3O5S. The number of carbonyl (C=O) groups excluding carboxylic acids is 1. The van der Waals surface area contributed by atoms with Crippen molar-refractivity contribution in [2.75, 3.05) is 6.79 Å². The summed E-state index contributed by atoms with van der Waals surface area (Å²) in [4.78, 5) is 16.5. The number of rotatable bonds is 7. The van der Waals surface area contributed by atoms with Crippen LogP contribution in [0.2, 0.25) is 0 Å². The molecule has 2 N–H and O–H groups in total. The van der Waals surface area contributed by atoms with Gasteiger partial charge < -0.3 is 14.8 Å². The lowest BCUT2D eigenvalue weighted by atomic mass is 10.2. The Morgan fingerprint density at radius 2 is 1.83 bits per heavy atom. The predicted molar refractivity (Wildman–Crippen MR) is 108 cm³/mol. The number of nitrogens with zero attached hydrogens (tertiary/aromatic N) is 1. The van der Waals surface area contributed by atoms with E-state index in [0.717, 1.165) is 11.1 Å². The summed E-state index contributed by atoms with van der Waals surface area (Å²) >= 11 is 0. The van der Waals surface area contributed by atoms with Crippen LogP contribution in [0.25, 0.3) is 0 Å². The minimum absolute atomic E-state index is 0.0159. The molecule has 0 saturated carbocycles. The van der Waals surface area contributed by atoms with Gasteiger partial charge in [-0.1, -0.05) is 18.2 Å². The van der Waals surface area contributed by atoms with Gasteiger partial charge in [-0.3, -0.25) is 9.78 Å². The second-order valence-corrected chi connectivity index (χ2v) is 8.35. The lowest BCUT2D eigenvalue weighted by molar-refractivity contribution is 0.0950. The molecule has 4 rings (SSSR count). The van der Waals surface area contributed by atoms with E-state index >= 15 is 0 Å². The Bertz CT molecular complexity index is 1170. The maximum absolute atomic E-state index is 12.6. The van der Waals surface area contributed by atoms with Crippen LogP contribution in [0.15, 0.2) is 71.9 Å². The average molecular weight is 425 g/mol. The minimum Gasteiger partial charge on any atom is -0.454 e. The first kappa shape index (κ1) is 19.9. The Balaban J connectivity index is 1.41. The second kappa shape index (κ2) is 8.52. The molecule has 0 unspecified atom stereocenters. The van der Waals surface area contributed by atoms with Gasteiger partial charge in [-0.25, -0.2) is 13.1 Å². The zero-order chi connectivity index (χ0) is 21.0. The number of amides is 1. The molecule has 9 heteroatoms. The van der Waals surface area contributed by atoms with Crippen LogP contribution in [0, 0.1) is 0 Å². The molecular weight excluding hydrogens is 406 g/mol. The molecule has 0 fully saturated rings. The summed E-state index contributed by atoms with van der Waals surface area (Å²) in [7, 11) is -3.78. The number of pyridine rings is 1. The van der Waals surface area contributed by atoms with Gasteiger partial charge in [0.1, 0.15) is 0 Å². The highest BCUT2D eigenvalue weighted by atomic mass is 32.2. The van der Waals surface area contributed by atoms with Gasteiger partial charge in [-0.05, 0) is 47.5 Å². The summed E-state index contributed by atoms with van der Waals surface area (Å²) < 4.78 is 38.3. The number of benzene rings is 2. The summed E-state index contributed by atoms with van der Waals surface area (Å²) in [6.45, 7) is 0.559. The van der Waals surface area contributed by atoms with Gasteiger partial charge in [0.25, 0.3) is 5.91 Å². The maximum atomic E-state index is 12.6. The van der Waals surface area contributed by atoms with Crippen molar-refractivity contribution in [3.8, 4) is 11.5 Å². The number of hydrogen-bond acceptors (Lipinski definition) is 6. The molecule has 0 radical (unpaired) electrons. The van der Waals surface area contributed by atoms with Crippen molar-refractivity contribution in [1.82, 2.24) is 15.0 Å². The van der Waals surface area contributed by atoms with Gasteiger partial charge in [0.05, 0.1) is 4.90 Å². The van der Waals surface area contributed by atoms with Crippen molar-refractivity contribution in [3.63, 3.8) is 0 Å². The van der Waals surface area contributed by atoms with Gasteiger partial charge in [-0.2, -0.15) is 0 Å². The molecule has 0 aliphatic carbocycles. The number of nitrogens with one attached hydrogen (secondary N) is 2. The molecule has 1 amide bonds. The zero-order valence-corrected chi connectivity index (χ0v) is 16.7. The van der Waals surface area contributed by atoms with Crippen LogP contribution < -0.4 is 19.5 Å². The van der Waals surface area contributed by atoms with E-state index in [1.54, 1.807) is 42.7 Å². The molecule has 2 heterocycles. The summed E-state index contributed by atoms with van der Waals surface area (Å²) in [6.07, 6.45) is 3.20. The van der Waals surface area contributed by atoms with Gasteiger partial charge in [-0.15, -0.1) is 0 Å². The van der Waals surface area contributed by atoms with Crippen LogP contribution in [-0.4, -0.2) is 26.1 Å². The fraction of sp³-hybridized carbons (Fsp3) is 0.143. The van der Waals surface area contributed by atoms with Gasteiger partial charge >= 0.3 is 0 Å². The molecule has 1 aliphatic rings. The van der Waals surface area contributed by atoms with Crippen LogP contribution in [-0.2, 0) is 23.1 Å². The summed E-state index contributed by atoms with van der Waals surface area (Å²) in [5.74, 6) is 0.924. The fourth-order valence-electron chi connectivity index (χ4n) is 2.90. The van der Waals surface area contributed by atoms with Gasteiger partial charge in [0, 0.05) is 31.0 Å². The van der Waals surface area contributed by atoms with Crippen LogP contribution >= 0.6 is 0 Å². The molecule has 0 atom stereocenters. The van der Waals surface area contributed by atoms with E-state index < -0.39 is 10.0 Å². The highest BCUT2D eigenvalue weighted by Crippen LogP contribution is 2.32. The average Bonchev–Trinajstić information content (AvgIpc) is 3.25. The Kier molecular flexibility index (Phi) is 5.64. The number of carbonyl (C=O) groups is 1. The molecule has 1 aliphatic heterocycles. The number of sulfonamides is 1. The van der Waals surface area contributed by atoms with Crippen LogP contribution in [0.1, 0.15) is 21.5 Å². The van der Waals surface area contributed by atoms with Crippen LogP contribution in [0.3, 0.4) is 0 Å². The van der Waals surface area contributed by atoms with Crippen molar-refractivity contribution in [1.29, 1.82) is 0 Å². The summed E-state index contributed by atoms with van der Waals surface area (Å²) in [5, 5.41) is 2.78. The molecule has 30 heavy (non-hydrogen) atoms. The van der Waals surface area contributed by atoms with Crippen molar-refractivity contribution in [2.45, 2.75) is 18.0 Å². The quantitative estimate of drug-likeness (QED) is 0.601. The van der Waals surface area contributed by atoms with Crippen molar-refractivity contribution in [3.05, 3.63) is 83.7 Å². The van der Waals surface area contributed by atoms with E-state index in [2.05, 4.69) is 15.0 Å². The molecule has 0 saturated heterocycles. The van der Waals surface area contributed by atoms with Gasteiger partial charge in [0.15, 0.2) is 11.5 Å². The van der Waals surface area contributed by atoms with E-state index in [4.69, 9.17) is 9.47 Å². The van der Waals surface area contributed by atoms with Gasteiger partial charge in [0.2, 0.25) is 16.8 Å². The Labute approximate surface area is 173 Å². The van der Waals surface area contributed by atoms with E-state index in [9.17, 15) is 13.2 Å². The number of aromatic nitrogens is 1. The monoisotopic (exact) mass is 425 g/mol. The smallest absolute Gasteiger partial charge is 0.251 e. The molecule has 8 nitrogen and oxygen atoms in total. The Hall–Kier alpha value is -3.43. The Morgan fingerprint density at radius 1 is 0.967 bits per heavy atom. The first-order chi connectivity index (χ1) is 14.5. The first-order valence-electron chi connectivity index (χ1n) is 9.17. The molecule has 3 aromatic rings. The van der Waals surface area contributed by atoms with Crippen molar-refractivity contribution in [2.24, 2.45) is 0 Å². The van der Waals surface area contributed by atoms with E-state index in [1.807, 2.05) is 6.07 Å². The number of fused-ring (bicyclic) bond motifs is 1. The molecule has 0 bridgehead atoms. The standard InChI is InChI=1S/C21H19N3O5S/c25-21(23-12-15-6-7-19-20(9-15)29-14-28-19)17-4-1-5-18(10-17)30(26,27)24-13-16-3-2-8-22-11-16/h1-11,24H,12-14H2,(H,23,25). The van der Waals surface area contributed by atoms with E-state index in [-0.39, 0.29) is 36.2 Å². The summed E-state index contributed by atoms with van der Waals surface area (Å²) in [6, 6.07) is 14.8. The number of ether oxygens (including phenoxy) is 2. The van der Waals surface area contributed by atoms with Crippen molar-refractivity contribution < 1.29 is 22.7 Å². The van der Waals surface area contributed by atoms with Crippen LogP contribution in [0.5, 0.6) is 11.5 Å². The topological polar surface area (TPSA) is 107 Å². The highest BCUT2D eigenvalue weighted by molar-refractivity contribution is 7.89. The maximum Gasteiger partial charge on any atom is 0.251 e. The predicted octanol–water partition coefficient (Wildman–Crippen LogP) is 2.22. The third kappa shape index (κ3) is 4.58. The number of hydrogen-bond donors (Lipinski definition) is 2. The van der Waals surface area contributed by atoms with E-state index in [1.165, 1.54) is 18.2 Å². The summed E-state index contributed by atoms with van der Waals surface area (Å²) in [5.41, 5.74) is 1.83. The Morgan fingerprint density at radius 3 is 2.67 bits per heavy atom. The lowest BCUT2D eigenvalue weighted by Gasteiger charge is -2.09. The molecule has 2 aromatic carbocycles. The third-order valence-corrected chi connectivity index (χ3v) is 5.88. The van der Waals surface area contributed by atoms with Crippen LogP contribution in [0.4, 0.5) is 0 Å². The van der Waals surface area contributed by atoms with Crippen molar-refractivity contribution >= 4 is 15.9 Å².